The van der Waals surface area contributed by atoms with Crippen LogP contribution in [0.4, 0.5) is 0 Å². The number of Topliss-reactive ketones (excluding diaryl/α,β-unsaturated/α-hetero) is 1. The van der Waals surface area contributed by atoms with Crippen molar-refractivity contribution >= 4 is 11.8 Å². The van der Waals surface area contributed by atoms with Crippen molar-refractivity contribution in [2.75, 3.05) is 0 Å². The SMILES string of the molecule is Cc1cccc(C)c1C(=O)[C@@H]1CCC[C@H](C(=O)O)C1. The summed E-state index contributed by atoms with van der Waals surface area (Å²) in [6.45, 7) is 3.88. The minimum Gasteiger partial charge on any atom is -0.481 e. The molecule has 1 aliphatic carbocycles. The summed E-state index contributed by atoms with van der Waals surface area (Å²) in [4.78, 5) is 23.7. The lowest BCUT2D eigenvalue weighted by molar-refractivity contribution is -0.143. The molecule has 19 heavy (non-hydrogen) atoms. The highest BCUT2D eigenvalue weighted by atomic mass is 16.4. The second kappa shape index (κ2) is 5.55. The van der Waals surface area contributed by atoms with Crippen LogP contribution in [0.25, 0.3) is 0 Å². The van der Waals surface area contributed by atoms with E-state index in [2.05, 4.69) is 0 Å². The Labute approximate surface area is 113 Å². The van der Waals surface area contributed by atoms with E-state index in [9.17, 15) is 9.59 Å². The molecule has 0 unspecified atom stereocenters. The number of hydrogen-bond donors (Lipinski definition) is 1. The lowest BCUT2D eigenvalue weighted by Gasteiger charge is -2.26. The monoisotopic (exact) mass is 260 g/mol. The minimum absolute atomic E-state index is 0.126. The molecule has 0 aliphatic heterocycles. The van der Waals surface area contributed by atoms with Crippen molar-refractivity contribution in [3.05, 3.63) is 34.9 Å². The maximum atomic E-state index is 12.6. The fraction of sp³-hybridized carbons (Fsp3) is 0.500. The predicted octanol–water partition coefficient (Wildman–Crippen LogP) is 3.38. The molecule has 1 aliphatic rings. The van der Waals surface area contributed by atoms with Crippen molar-refractivity contribution in [3.8, 4) is 0 Å². The molecule has 1 aromatic rings. The van der Waals surface area contributed by atoms with Gasteiger partial charge in [0.05, 0.1) is 5.92 Å². The molecular weight excluding hydrogens is 240 g/mol. The maximum Gasteiger partial charge on any atom is 0.306 e. The highest BCUT2D eigenvalue weighted by Crippen LogP contribution is 2.32. The number of ketones is 1. The summed E-state index contributed by atoms with van der Waals surface area (Å²) in [7, 11) is 0. The van der Waals surface area contributed by atoms with Crippen LogP contribution in [0.3, 0.4) is 0 Å². The largest absolute Gasteiger partial charge is 0.481 e. The van der Waals surface area contributed by atoms with Gasteiger partial charge in [0.15, 0.2) is 5.78 Å². The van der Waals surface area contributed by atoms with E-state index in [1.807, 2.05) is 32.0 Å². The highest BCUT2D eigenvalue weighted by Gasteiger charge is 2.32. The van der Waals surface area contributed by atoms with Crippen LogP contribution in [-0.4, -0.2) is 16.9 Å². The van der Waals surface area contributed by atoms with Crippen molar-refractivity contribution in [1.82, 2.24) is 0 Å². The Morgan fingerprint density at radius 3 is 2.26 bits per heavy atom. The van der Waals surface area contributed by atoms with Gasteiger partial charge in [-0.15, -0.1) is 0 Å². The fourth-order valence-electron chi connectivity index (χ4n) is 3.06. The first-order valence-corrected chi connectivity index (χ1v) is 6.84. The number of hydrogen-bond acceptors (Lipinski definition) is 2. The van der Waals surface area contributed by atoms with Gasteiger partial charge in [0.25, 0.3) is 0 Å². The van der Waals surface area contributed by atoms with E-state index in [0.29, 0.717) is 12.8 Å². The quantitative estimate of drug-likeness (QED) is 0.848. The van der Waals surface area contributed by atoms with Crippen molar-refractivity contribution in [2.24, 2.45) is 11.8 Å². The zero-order valence-electron chi connectivity index (χ0n) is 11.5. The summed E-state index contributed by atoms with van der Waals surface area (Å²) in [6, 6.07) is 5.83. The smallest absolute Gasteiger partial charge is 0.306 e. The molecule has 1 saturated carbocycles. The maximum absolute atomic E-state index is 12.6. The summed E-state index contributed by atoms with van der Waals surface area (Å²) in [6.07, 6.45) is 2.84. The Morgan fingerprint density at radius 2 is 1.68 bits per heavy atom. The normalized spacial score (nSPS) is 23.1. The van der Waals surface area contributed by atoms with Crippen LogP contribution in [0.2, 0.25) is 0 Å². The van der Waals surface area contributed by atoms with E-state index in [-0.39, 0.29) is 17.6 Å². The van der Waals surface area contributed by atoms with Gasteiger partial charge in [-0.2, -0.15) is 0 Å². The third kappa shape index (κ3) is 2.86. The van der Waals surface area contributed by atoms with Crippen molar-refractivity contribution in [2.45, 2.75) is 39.5 Å². The molecule has 0 bridgehead atoms. The Morgan fingerprint density at radius 1 is 1.11 bits per heavy atom. The molecule has 1 N–H and O–H groups in total. The second-order valence-electron chi connectivity index (χ2n) is 5.53. The summed E-state index contributed by atoms with van der Waals surface area (Å²) in [5, 5.41) is 9.11. The number of aliphatic carboxylic acids is 1. The Hall–Kier alpha value is -1.64. The molecule has 2 rings (SSSR count). The highest BCUT2D eigenvalue weighted by molar-refractivity contribution is 6.00. The molecule has 0 heterocycles. The minimum atomic E-state index is -0.765. The van der Waals surface area contributed by atoms with E-state index >= 15 is 0 Å². The molecule has 3 nitrogen and oxygen atoms in total. The molecule has 102 valence electrons. The molecule has 0 spiro atoms. The molecule has 0 saturated heterocycles. The Kier molecular flexibility index (Phi) is 4.03. The first-order valence-electron chi connectivity index (χ1n) is 6.84. The number of aryl methyl sites for hydroxylation is 2. The van der Waals surface area contributed by atoms with Crippen LogP contribution in [0, 0.1) is 25.7 Å². The summed E-state index contributed by atoms with van der Waals surface area (Å²) < 4.78 is 0. The number of carboxylic acid groups (broad SMARTS) is 1. The molecule has 0 aromatic heterocycles. The molecule has 0 radical (unpaired) electrons. The van der Waals surface area contributed by atoms with Crippen LogP contribution in [-0.2, 0) is 4.79 Å². The van der Waals surface area contributed by atoms with E-state index in [1.54, 1.807) is 0 Å². The summed E-state index contributed by atoms with van der Waals surface area (Å²) in [5.74, 6) is -1.12. The van der Waals surface area contributed by atoms with Gasteiger partial charge in [0.1, 0.15) is 0 Å². The zero-order chi connectivity index (χ0) is 14.0. The average Bonchev–Trinajstić information content (AvgIpc) is 2.38. The summed E-state index contributed by atoms with van der Waals surface area (Å²) >= 11 is 0. The lowest BCUT2D eigenvalue weighted by atomic mass is 9.77. The second-order valence-corrected chi connectivity index (χ2v) is 5.53. The first-order chi connectivity index (χ1) is 9.00. The van der Waals surface area contributed by atoms with E-state index in [0.717, 1.165) is 29.5 Å². The number of carbonyl (C=O) groups is 2. The molecule has 2 atom stereocenters. The van der Waals surface area contributed by atoms with Crippen LogP contribution in [0.5, 0.6) is 0 Å². The van der Waals surface area contributed by atoms with Gasteiger partial charge in [0, 0.05) is 11.5 Å². The van der Waals surface area contributed by atoms with E-state index in [4.69, 9.17) is 5.11 Å². The third-order valence-corrected chi connectivity index (χ3v) is 4.12. The standard InChI is InChI=1S/C16H20O3/c1-10-5-3-6-11(2)14(10)15(17)12-7-4-8-13(9-12)16(18)19/h3,5-6,12-13H,4,7-9H2,1-2H3,(H,18,19)/t12-,13+/m1/s1. The van der Waals surface area contributed by atoms with Crippen LogP contribution < -0.4 is 0 Å². The van der Waals surface area contributed by atoms with Gasteiger partial charge < -0.3 is 5.11 Å². The van der Waals surface area contributed by atoms with Crippen LogP contribution in [0.15, 0.2) is 18.2 Å². The Bertz CT molecular complexity index is 484. The van der Waals surface area contributed by atoms with Gasteiger partial charge in [-0.05, 0) is 44.2 Å². The summed E-state index contributed by atoms with van der Waals surface area (Å²) in [5.41, 5.74) is 2.77. The third-order valence-electron chi connectivity index (χ3n) is 4.12. The molecular formula is C16H20O3. The Balaban J connectivity index is 2.22. The van der Waals surface area contributed by atoms with Crippen LogP contribution >= 0.6 is 0 Å². The molecule has 1 fully saturated rings. The average molecular weight is 260 g/mol. The van der Waals surface area contributed by atoms with Gasteiger partial charge in [0.2, 0.25) is 0 Å². The van der Waals surface area contributed by atoms with Gasteiger partial charge in [-0.1, -0.05) is 24.6 Å². The number of rotatable bonds is 3. The number of carbonyl (C=O) groups excluding carboxylic acids is 1. The molecule has 1 aromatic carbocycles. The van der Waals surface area contributed by atoms with Crippen LogP contribution in [0.1, 0.15) is 47.2 Å². The lowest BCUT2D eigenvalue weighted by Crippen LogP contribution is -2.28. The van der Waals surface area contributed by atoms with E-state index < -0.39 is 5.97 Å². The van der Waals surface area contributed by atoms with E-state index in [1.165, 1.54) is 0 Å². The molecule has 3 heteroatoms. The van der Waals surface area contributed by atoms with Crippen molar-refractivity contribution in [1.29, 1.82) is 0 Å². The van der Waals surface area contributed by atoms with Crippen molar-refractivity contribution < 1.29 is 14.7 Å². The first kappa shape index (κ1) is 13.8. The van der Waals surface area contributed by atoms with Gasteiger partial charge in [-0.25, -0.2) is 0 Å². The number of carboxylic acids is 1. The van der Waals surface area contributed by atoms with Gasteiger partial charge in [-0.3, -0.25) is 9.59 Å². The topological polar surface area (TPSA) is 54.4 Å². The van der Waals surface area contributed by atoms with Crippen molar-refractivity contribution in [3.63, 3.8) is 0 Å². The fourth-order valence-corrected chi connectivity index (χ4v) is 3.06. The zero-order valence-corrected chi connectivity index (χ0v) is 11.5. The van der Waals surface area contributed by atoms with Gasteiger partial charge >= 0.3 is 5.97 Å². The molecule has 0 amide bonds. The number of benzene rings is 1. The predicted molar refractivity (Wildman–Crippen MR) is 73.3 cm³/mol.